The molecule has 0 saturated carbocycles. The van der Waals surface area contributed by atoms with E-state index in [2.05, 4.69) is 4.98 Å². The molecule has 0 saturated heterocycles. The summed E-state index contributed by atoms with van der Waals surface area (Å²) in [6.07, 6.45) is 4.23. The van der Waals surface area contributed by atoms with Crippen molar-refractivity contribution >= 4 is 17.5 Å². The zero-order valence-corrected chi connectivity index (χ0v) is 12.4. The molecule has 2 unspecified atom stereocenters. The number of aromatic nitrogens is 1. The summed E-state index contributed by atoms with van der Waals surface area (Å²) in [6.45, 7) is 2.04. The van der Waals surface area contributed by atoms with Crippen molar-refractivity contribution in [2.24, 2.45) is 0 Å². The second-order valence-electron chi connectivity index (χ2n) is 4.79. The first kappa shape index (κ1) is 15.5. The summed E-state index contributed by atoms with van der Waals surface area (Å²) in [4.78, 5) is 15.9. The molecule has 0 fully saturated rings. The zero-order valence-electron chi connectivity index (χ0n) is 11.6. The van der Waals surface area contributed by atoms with E-state index >= 15 is 0 Å². The van der Waals surface area contributed by atoms with Crippen LogP contribution in [0.2, 0.25) is 5.02 Å². The average Bonchev–Trinajstić information content (AvgIpc) is 3.03. The molecular weight excluding hydrogens is 292 g/mol. The highest BCUT2D eigenvalue weighted by Crippen LogP contribution is 2.32. The minimum absolute atomic E-state index is 0.136. The summed E-state index contributed by atoms with van der Waals surface area (Å²) >= 11 is 5.90. The molecule has 0 aliphatic carbocycles. The summed E-state index contributed by atoms with van der Waals surface area (Å²) < 4.78 is 5.21. The Kier molecular flexibility index (Phi) is 5.36. The van der Waals surface area contributed by atoms with Gasteiger partial charge in [-0.25, -0.2) is 10.5 Å². The number of nitrogens with zero attached hydrogens (tertiary/aromatic N) is 1. The van der Waals surface area contributed by atoms with E-state index in [-0.39, 0.29) is 5.92 Å². The van der Waals surface area contributed by atoms with E-state index in [9.17, 15) is 4.79 Å². The molecule has 2 rings (SSSR count). The smallest absolute Gasteiger partial charge is 0.255 e. The largest absolute Gasteiger partial charge is 0.448 e. The molecule has 5 nitrogen and oxygen atoms in total. The molecule has 1 aromatic carbocycles. The highest BCUT2D eigenvalue weighted by atomic mass is 35.5. The third-order valence-electron chi connectivity index (χ3n) is 3.53. The van der Waals surface area contributed by atoms with Crippen LogP contribution in [0.3, 0.4) is 0 Å². The van der Waals surface area contributed by atoms with Gasteiger partial charge >= 0.3 is 0 Å². The number of halogens is 1. The van der Waals surface area contributed by atoms with E-state index in [1.165, 1.54) is 12.5 Å². The Labute approximate surface area is 127 Å². The Morgan fingerprint density at radius 1 is 1.43 bits per heavy atom. The topological polar surface area (TPSA) is 75.4 Å². The SMILES string of the molecule is CCC(CC(C(=O)NO)c1ncco1)c1ccc(Cl)cc1. The monoisotopic (exact) mass is 308 g/mol. The molecule has 1 aromatic heterocycles. The van der Waals surface area contributed by atoms with Gasteiger partial charge in [0.15, 0.2) is 0 Å². The normalized spacial score (nSPS) is 13.7. The van der Waals surface area contributed by atoms with Crippen LogP contribution < -0.4 is 5.48 Å². The van der Waals surface area contributed by atoms with Crippen molar-refractivity contribution in [1.82, 2.24) is 10.5 Å². The standard InChI is InChI=1S/C15H17ClN2O3/c1-2-10(11-3-5-12(16)6-4-11)9-13(14(19)18-20)15-17-7-8-21-15/h3-8,10,13,20H,2,9H2,1H3,(H,18,19). The summed E-state index contributed by atoms with van der Waals surface area (Å²) in [7, 11) is 0. The highest BCUT2D eigenvalue weighted by Gasteiger charge is 2.28. The van der Waals surface area contributed by atoms with Crippen LogP contribution in [0.5, 0.6) is 0 Å². The summed E-state index contributed by atoms with van der Waals surface area (Å²) in [5, 5.41) is 9.58. The molecule has 0 bridgehead atoms. The van der Waals surface area contributed by atoms with Gasteiger partial charge in [-0.05, 0) is 36.5 Å². The van der Waals surface area contributed by atoms with Gasteiger partial charge < -0.3 is 4.42 Å². The van der Waals surface area contributed by atoms with Gasteiger partial charge in [0.05, 0.1) is 6.20 Å². The van der Waals surface area contributed by atoms with Crippen molar-refractivity contribution < 1.29 is 14.4 Å². The van der Waals surface area contributed by atoms with E-state index in [1.54, 1.807) is 5.48 Å². The summed E-state index contributed by atoms with van der Waals surface area (Å²) in [5.41, 5.74) is 2.77. The van der Waals surface area contributed by atoms with Crippen molar-refractivity contribution in [3.63, 3.8) is 0 Å². The van der Waals surface area contributed by atoms with Gasteiger partial charge in [0.25, 0.3) is 5.91 Å². The minimum atomic E-state index is -0.634. The van der Waals surface area contributed by atoms with Gasteiger partial charge in [0.1, 0.15) is 12.2 Å². The van der Waals surface area contributed by atoms with Gasteiger partial charge in [-0.1, -0.05) is 30.7 Å². The number of rotatable bonds is 6. The molecule has 0 radical (unpaired) electrons. The van der Waals surface area contributed by atoms with Crippen LogP contribution in [-0.2, 0) is 4.79 Å². The van der Waals surface area contributed by atoms with Crippen LogP contribution >= 0.6 is 11.6 Å². The molecule has 21 heavy (non-hydrogen) atoms. The van der Waals surface area contributed by atoms with E-state index in [1.807, 2.05) is 31.2 Å². The number of hydrogen-bond acceptors (Lipinski definition) is 4. The van der Waals surface area contributed by atoms with Gasteiger partial charge in [-0.3, -0.25) is 10.0 Å². The molecule has 0 aliphatic rings. The molecular formula is C15H17ClN2O3. The van der Waals surface area contributed by atoms with Crippen molar-refractivity contribution in [2.45, 2.75) is 31.6 Å². The molecule has 2 N–H and O–H groups in total. The quantitative estimate of drug-likeness (QED) is 0.632. The number of amides is 1. The lowest BCUT2D eigenvalue weighted by molar-refractivity contribution is -0.131. The number of carbonyl (C=O) groups excluding carboxylic acids is 1. The Morgan fingerprint density at radius 3 is 2.67 bits per heavy atom. The molecule has 112 valence electrons. The highest BCUT2D eigenvalue weighted by molar-refractivity contribution is 6.30. The Balaban J connectivity index is 2.21. The van der Waals surface area contributed by atoms with Crippen LogP contribution in [0.15, 0.2) is 41.1 Å². The van der Waals surface area contributed by atoms with E-state index in [0.717, 1.165) is 12.0 Å². The number of benzene rings is 1. The van der Waals surface area contributed by atoms with E-state index < -0.39 is 11.8 Å². The maximum Gasteiger partial charge on any atom is 0.255 e. The van der Waals surface area contributed by atoms with Crippen molar-refractivity contribution in [3.05, 3.63) is 53.2 Å². The zero-order chi connectivity index (χ0) is 15.2. The van der Waals surface area contributed by atoms with Crippen molar-refractivity contribution in [1.29, 1.82) is 0 Å². The molecule has 1 heterocycles. The number of carbonyl (C=O) groups is 1. The third-order valence-corrected chi connectivity index (χ3v) is 3.78. The van der Waals surface area contributed by atoms with Crippen LogP contribution in [0.1, 0.15) is 43.1 Å². The first-order valence-corrected chi connectivity index (χ1v) is 7.12. The molecule has 0 spiro atoms. The number of nitrogens with one attached hydrogen (secondary N) is 1. The number of oxazole rings is 1. The van der Waals surface area contributed by atoms with Gasteiger partial charge in [0, 0.05) is 5.02 Å². The molecule has 1 amide bonds. The predicted molar refractivity (Wildman–Crippen MR) is 78.3 cm³/mol. The van der Waals surface area contributed by atoms with Crippen LogP contribution in [-0.4, -0.2) is 16.1 Å². The van der Waals surface area contributed by atoms with Crippen molar-refractivity contribution in [2.75, 3.05) is 0 Å². The van der Waals surface area contributed by atoms with Crippen LogP contribution in [0, 0.1) is 0 Å². The molecule has 2 aromatic rings. The van der Waals surface area contributed by atoms with Gasteiger partial charge in [0.2, 0.25) is 5.89 Å². The second-order valence-corrected chi connectivity index (χ2v) is 5.23. The number of hydroxylamine groups is 1. The van der Waals surface area contributed by atoms with E-state index in [0.29, 0.717) is 17.3 Å². The average molecular weight is 309 g/mol. The predicted octanol–water partition coefficient (Wildman–Crippen LogP) is 3.50. The lowest BCUT2D eigenvalue weighted by atomic mass is 9.86. The lowest BCUT2D eigenvalue weighted by Crippen LogP contribution is -2.27. The van der Waals surface area contributed by atoms with Crippen LogP contribution in [0.25, 0.3) is 0 Å². The Hall–Kier alpha value is -1.85. The van der Waals surface area contributed by atoms with E-state index in [4.69, 9.17) is 21.2 Å². The molecule has 6 heteroatoms. The Bertz CT molecular complexity index is 569. The minimum Gasteiger partial charge on any atom is -0.448 e. The van der Waals surface area contributed by atoms with Crippen molar-refractivity contribution in [3.8, 4) is 0 Å². The fourth-order valence-electron chi connectivity index (χ4n) is 2.36. The fraction of sp³-hybridized carbons (Fsp3) is 0.333. The fourth-order valence-corrected chi connectivity index (χ4v) is 2.49. The molecule has 0 aliphatic heterocycles. The second kappa shape index (κ2) is 7.24. The van der Waals surface area contributed by atoms with Gasteiger partial charge in [-0.15, -0.1) is 0 Å². The van der Waals surface area contributed by atoms with Gasteiger partial charge in [-0.2, -0.15) is 0 Å². The first-order chi connectivity index (χ1) is 10.2. The third kappa shape index (κ3) is 3.83. The summed E-state index contributed by atoms with van der Waals surface area (Å²) in [5.74, 6) is -0.721. The maximum atomic E-state index is 11.9. The maximum absolute atomic E-state index is 11.9. The van der Waals surface area contributed by atoms with Crippen LogP contribution in [0.4, 0.5) is 0 Å². The number of hydrogen-bond donors (Lipinski definition) is 2. The first-order valence-electron chi connectivity index (χ1n) is 6.74. The summed E-state index contributed by atoms with van der Waals surface area (Å²) in [6, 6.07) is 7.54. The lowest BCUT2D eigenvalue weighted by Gasteiger charge is -2.19. The Morgan fingerprint density at radius 2 is 2.14 bits per heavy atom. The molecule has 2 atom stereocenters.